The molecule has 1 saturated heterocycles. The first-order chi connectivity index (χ1) is 8.15. The SMILES string of the molecule is CCOC[C@H]1CCCCN1C(=O)/C=C/C(=O)O. The Bertz CT molecular complexity index is 301. The van der Waals surface area contributed by atoms with Gasteiger partial charge in [0.05, 0.1) is 12.6 Å². The van der Waals surface area contributed by atoms with Crippen molar-refractivity contribution >= 4 is 11.9 Å². The molecule has 0 bridgehead atoms. The second kappa shape index (κ2) is 7.06. The molecule has 1 rings (SSSR count). The first-order valence-electron chi connectivity index (χ1n) is 5.94. The quantitative estimate of drug-likeness (QED) is 0.730. The van der Waals surface area contributed by atoms with Crippen LogP contribution in [0.25, 0.3) is 0 Å². The Labute approximate surface area is 101 Å². The maximum absolute atomic E-state index is 11.8. The Morgan fingerprint density at radius 2 is 2.18 bits per heavy atom. The predicted molar refractivity (Wildman–Crippen MR) is 62.6 cm³/mol. The monoisotopic (exact) mass is 241 g/mol. The Morgan fingerprint density at radius 3 is 2.82 bits per heavy atom. The van der Waals surface area contributed by atoms with Crippen LogP contribution in [0.3, 0.4) is 0 Å². The molecule has 0 saturated carbocycles. The summed E-state index contributed by atoms with van der Waals surface area (Å²) in [5.74, 6) is -1.34. The maximum atomic E-state index is 11.8. The van der Waals surface area contributed by atoms with Gasteiger partial charge in [-0.3, -0.25) is 4.79 Å². The average molecular weight is 241 g/mol. The molecule has 0 aromatic heterocycles. The highest BCUT2D eigenvalue weighted by Crippen LogP contribution is 2.17. The summed E-state index contributed by atoms with van der Waals surface area (Å²) in [6, 6.07) is 0.0784. The van der Waals surface area contributed by atoms with Crippen molar-refractivity contribution in [3.8, 4) is 0 Å². The molecule has 1 heterocycles. The number of ether oxygens (including phenoxy) is 1. The summed E-state index contributed by atoms with van der Waals surface area (Å²) in [6.07, 6.45) is 4.98. The Morgan fingerprint density at radius 1 is 1.41 bits per heavy atom. The molecule has 1 N–H and O–H groups in total. The first kappa shape index (κ1) is 13.7. The van der Waals surface area contributed by atoms with E-state index in [2.05, 4.69) is 0 Å². The predicted octanol–water partition coefficient (Wildman–Crippen LogP) is 1.04. The molecule has 0 unspecified atom stereocenters. The molecule has 0 radical (unpaired) electrons. The van der Waals surface area contributed by atoms with Gasteiger partial charge in [0.15, 0.2) is 0 Å². The number of carboxylic acids is 1. The van der Waals surface area contributed by atoms with E-state index in [0.29, 0.717) is 19.8 Å². The summed E-state index contributed by atoms with van der Waals surface area (Å²) >= 11 is 0. The fourth-order valence-electron chi connectivity index (χ4n) is 1.96. The van der Waals surface area contributed by atoms with Crippen molar-refractivity contribution < 1.29 is 19.4 Å². The topological polar surface area (TPSA) is 66.8 Å². The van der Waals surface area contributed by atoms with Gasteiger partial charge in [-0.1, -0.05) is 0 Å². The van der Waals surface area contributed by atoms with E-state index in [1.54, 1.807) is 4.90 Å². The summed E-state index contributed by atoms with van der Waals surface area (Å²) in [6.45, 7) is 3.76. The second-order valence-electron chi connectivity index (χ2n) is 4.01. The van der Waals surface area contributed by atoms with E-state index in [4.69, 9.17) is 9.84 Å². The van der Waals surface area contributed by atoms with Crippen LogP contribution in [0.5, 0.6) is 0 Å². The van der Waals surface area contributed by atoms with E-state index in [9.17, 15) is 9.59 Å². The number of nitrogens with zero attached hydrogens (tertiary/aromatic N) is 1. The lowest BCUT2D eigenvalue weighted by Gasteiger charge is -2.34. The third-order valence-corrected chi connectivity index (χ3v) is 2.79. The van der Waals surface area contributed by atoms with Gasteiger partial charge in [-0.25, -0.2) is 4.79 Å². The summed E-state index contributed by atoms with van der Waals surface area (Å²) in [7, 11) is 0. The number of rotatable bonds is 5. The van der Waals surface area contributed by atoms with Crippen LogP contribution in [0.4, 0.5) is 0 Å². The van der Waals surface area contributed by atoms with Gasteiger partial charge in [0.25, 0.3) is 0 Å². The maximum Gasteiger partial charge on any atom is 0.328 e. The minimum Gasteiger partial charge on any atom is -0.478 e. The van der Waals surface area contributed by atoms with Gasteiger partial charge in [0, 0.05) is 25.3 Å². The van der Waals surface area contributed by atoms with Crippen LogP contribution in [0, 0.1) is 0 Å². The highest BCUT2D eigenvalue weighted by atomic mass is 16.5. The first-order valence-corrected chi connectivity index (χ1v) is 5.94. The number of hydrogen-bond donors (Lipinski definition) is 1. The number of carboxylic acid groups (broad SMARTS) is 1. The fourth-order valence-corrected chi connectivity index (χ4v) is 1.96. The van der Waals surface area contributed by atoms with Crippen molar-refractivity contribution in [1.82, 2.24) is 4.90 Å². The molecule has 0 aliphatic carbocycles. The number of carbonyl (C=O) groups excluding carboxylic acids is 1. The zero-order valence-electron chi connectivity index (χ0n) is 10.1. The molecule has 5 nitrogen and oxygen atoms in total. The van der Waals surface area contributed by atoms with Crippen LogP contribution < -0.4 is 0 Å². The van der Waals surface area contributed by atoms with E-state index in [0.717, 1.165) is 31.4 Å². The zero-order chi connectivity index (χ0) is 12.7. The van der Waals surface area contributed by atoms with Crippen LogP contribution in [0.15, 0.2) is 12.2 Å². The zero-order valence-corrected chi connectivity index (χ0v) is 10.1. The lowest BCUT2D eigenvalue weighted by molar-refractivity contribution is -0.133. The van der Waals surface area contributed by atoms with Crippen molar-refractivity contribution in [1.29, 1.82) is 0 Å². The van der Waals surface area contributed by atoms with E-state index < -0.39 is 5.97 Å². The third kappa shape index (κ3) is 4.56. The van der Waals surface area contributed by atoms with Gasteiger partial charge >= 0.3 is 5.97 Å². The molecular weight excluding hydrogens is 222 g/mol. The van der Waals surface area contributed by atoms with Crippen molar-refractivity contribution in [3.63, 3.8) is 0 Å². The number of piperidine rings is 1. The smallest absolute Gasteiger partial charge is 0.328 e. The molecule has 0 spiro atoms. The minimum absolute atomic E-state index is 0.0784. The summed E-state index contributed by atoms with van der Waals surface area (Å²) in [5.41, 5.74) is 0. The van der Waals surface area contributed by atoms with Gasteiger partial charge in [-0.15, -0.1) is 0 Å². The van der Waals surface area contributed by atoms with Crippen molar-refractivity contribution in [2.75, 3.05) is 19.8 Å². The Hall–Kier alpha value is -1.36. The van der Waals surface area contributed by atoms with E-state index in [1.165, 1.54) is 0 Å². The van der Waals surface area contributed by atoms with Gasteiger partial charge in [-0.2, -0.15) is 0 Å². The Balaban J connectivity index is 2.57. The van der Waals surface area contributed by atoms with Crippen LogP contribution in [-0.2, 0) is 14.3 Å². The molecule has 96 valence electrons. The molecule has 1 fully saturated rings. The number of aliphatic carboxylic acids is 1. The molecule has 0 aromatic carbocycles. The van der Waals surface area contributed by atoms with Crippen LogP contribution in [0.1, 0.15) is 26.2 Å². The summed E-state index contributed by atoms with van der Waals surface area (Å²) in [5, 5.41) is 8.49. The normalized spacial score (nSPS) is 20.8. The van der Waals surface area contributed by atoms with Crippen molar-refractivity contribution in [3.05, 3.63) is 12.2 Å². The molecule has 5 heteroatoms. The minimum atomic E-state index is -1.10. The summed E-state index contributed by atoms with van der Waals surface area (Å²) < 4.78 is 5.34. The molecule has 1 atom stereocenters. The number of hydrogen-bond acceptors (Lipinski definition) is 3. The number of carbonyl (C=O) groups is 2. The van der Waals surface area contributed by atoms with E-state index in [1.807, 2.05) is 6.92 Å². The van der Waals surface area contributed by atoms with Gasteiger partial charge < -0.3 is 14.7 Å². The average Bonchev–Trinajstić information content (AvgIpc) is 2.33. The molecule has 1 aliphatic heterocycles. The molecule has 0 aromatic rings. The lowest BCUT2D eigenvalue weighted by Crippen LogP contribution is -2.45. The molecule has 17 heavy (non-hydrogen) atoms. The second-order valence-corrected chi connectivity index (χ2v) is 4.01. The van der Waals surface area contributed by atoms with Gasteiger partial charge in [-0.05, 0) is 26.2 Å². The standard InChI is InChI=1S/C12H19NO4/c1-2-17-9-10-5-3-4-8-13(10)11(14)6-7-12(15)16/h6-7,10H,2-5,8-9H2,1H3,(H,15,16)/b7-6+/t10-/m1/s1. The third-order valence-electron chi connectivity index (χ3n) is 2.79. The van der Waals surface area contributed by atoms with Crippen molar-refractivity contribution in [2.24, 2.45) is 0 Å². The van der Waals surface area contributed by atoms with Crippen LogP contribution >= 0.6 is 0 Å². The molecule has 1 amide bonds. The van der Waals surface area contributed by atoms with Gasteiger partial charge in [0.1, 0.15) is 0 Å². The molecular formula is C12H19NO4. The van der Waals surface area contributed by atoms with E-state index in [-0.39, 0.29) is 11.9 Å². The van der Waals surface area contributed by atoms with Gasteiger partial charge in [0.2, 0.25) is 5.91 Å². The highest BCUT2D eigenvalue weighted by molar-refractivity contribution is 5.94. The number of likely N-dealkylation sites (tertiary alicyclic amines) is 1. The molecule has 1 aliphatic rings. The highest BCUT2D eigenvalue weighted by Gasteiger charge is 2.25. The lowest BCUT2D eigenvalue weighted by atomic mass is 10.0. The summed E-state index contributed by atoms with van der Waals surface area (Å²) in [4.78, 5) is 23.9. The van der Waals surface area contributed by atoms with Crippen LogP contribution in [-0.4, -0.2) is 47.7 Å². The van der Waals surface area contributed by atoms with Crippen molar-refractivity contribution in [2.45, 2.75) is 32.2 Å². The fraction of sp³-hybridized carbons (Fsp3) is 0.667. The number of amides is 1. The van der Waals surface area contributed by atoms with E-state index >= 15 is 0 Å². The van der Waals surface area contributed by atoms with Crippen LogP contribution in [0.2, 0.25) is 0 Å². The Kier molecular flexibility index (Phi) is 5.69. The largest absolute Gasteiger partial charge is 0.478 e.